The Morgan fingerprint density at radius 3 is 2.96 bits per heavy atom. The number of benzene rings is 1. The minimum atomic E-state index is -0.197. The molecule has 1 aliphatic rings. The van der Waals surface area contributed by atoms with Crippen LogP contribution in [-0.2, 0) is 6.54 Å². The minimum Gasteiger partial charge on any atom is -0.419 e. The lowest BCUT2D eigenvalue weighted by Crippen LogP contribution is -2.34. The quantitative estimate of drug-likeness (QED) is 0.716. The topological polar surface area (TPSA) is 67.9 Å². The number of rotatable bonds is 4. The smallest absolute Gasteiger partial charge is 0.267 e. The highest BCUT2D eigenvalue weighted by Crippen LogP contribution is 2.28. The highest BCUT2D eigenvalue weighted by Gasteiger charge is 2.26. The Kier molecular flexibility index (Phi) is 4.71. The van der Waals surface area contributed by atoms with Crippen LogP contribution in [-0.4, -0.2) is 38.2 Å². The van der Waals surface area contributed by atoms with Gasteiger partial charge in [0.2, 0.25) is 5.89 Å². The van der Waals surface area contributed by atoms with Gasteiger partial charge in [0.25, 0.3) is 5.89 Å². The maximum Gasteiger partial charge on any atom is 0.267 e. The Balaban J connectivity index is 1.45. The Morgan fingerprint density at radius 2 is 2.15 bits per heavy atom. The third-order valence-electron chi connectivity index (χ3n) is 4.59. The molecule has 134 valence electrons. The first kappa shape index (κ1) is 16.8. The first-order valence-electron chi connectivity index (χ1n) is 8.76. The number of piperidine rings is 1. The van der Waals surface area contributed by atoms with Gasteiger partial charge in [-0.3, -0.25) is 9.88 Å². The lowest BCUT2D eigenvalue weighted by Gasteiger charge is -2.31. The van der Waals surface area contributed by atoms with E-state index in [0.29, 0.717) is 17.5 Å². The first-order chi connectivity index (χ1) is 12.7. The largest absolute Gasteiger partial charge is 0.419 e. The second-order valence-electron chi connectivity index (χ2n) is 6.69. The van der Waals surface area contributed by atoms with Gasteiger partial charge in [-0.05, 0) is 44.0 Å². The Labute approximate surface area is 151 Å². The van der Waals surface area contributed by atoms with Crippen LogP contribution in [0, 0.1) is 12.7 Å². The maximum atomic E-state index is 13.4. The fraction of sp³-hybridized carbons (Fsp3) is 0.368. The van der Waals surface area contributed by atoms with E-state index in [2.05, 4.69) is 25.1 Å². The molecule has 1 unspecified atom stereocenters. The molecule has 0 radical (unpaired) electrons. The van der Waals surface area contributed by atoms with Gasteiger partial charge >= 0.3 is 0 Å². The van der Waals surface area contributed by atoms with Gasteiger partial charge in [-0.15, -0.1) is 10.2 Å². The van der Waals surface area contributed by atoms with E-state index in [0.717, 1.165) is 43.7 Å². The molecule has 26 heavy (non-hydrogen) atoms. The number of halogens is 1. The molecule has 1 aliphatic heterocycles. The molecule has 7 heteroatoms. The van der Waals surface area contributed by atoms with Crippen LogP contribution in [0.2, 0.25) is 0 Å². The van der Waals surface area contributed by atoms with Crippen LogP contribution in [0.5, 0.6) is 0 Å². The third-order valence-corrected chi connectivity index (χ3v) is 4.59. The molecule has 1 saturated heterocycles. The molecule has 0 spiro atoms. The van der Waals surface area contributed by atoms with Gasteiger partial charge in [0.05, 0.1) is 17.8 Å². The van der Waals surface area contributed by atoms with Crippen molar-refractivity contribution in [2.75, 3.05) is 13.1 Å². The van der Waals surface area contributed by atoms with Gasteiger partial charge in [0.1, 0.15) is 11.5 Å². The van der Waals surface area contributed by atoms with Gasteiger partial charge < -0.3 is 4.42 Å². The van der Waals surface area contributed by atoms with Crippen molar-refractivity contribution in [3.05, 3.63) is 59.6 Å². The zero-order valence-corrected chi connectivity index (χ0v) is 14.6. The molecule has 1 aromatic carbocycles. The molecule has 0 amide bonds. The van der Waals surface area contributed by atoms with Crippen LogP contribution in [0.25, 0.3) is 11.6 Å². The van der Waals surface area contributed by atoms with Gasteiger partial charge in [0, 0.05) is 19.3 Å². The van der Waals surface area contributed by atoms with Crippen molar-refractivity contribution in [2.24, 2.45) is 0 Å². The SMILES string of the molecule is Cc1cnc(-c2nnc(C3CCCN(Cc4cccc(F)c4)C3)o2)cn1. The number of aryl methyl sites for hydroxylation is 1. The normalized spacial score (nSPS) is 18.2. The third kappa shape index (κ3) is 3.77. The van der Waals surface area contributed by atoms with Crippen LogP contribution in [0.3, 0.4) is 0 Å². The van der Waals surface area contributed by atoms with Crippen LogP contribution in [0.15, 0.2) is 41.1 Å². The molecule has 1 atom stereocenters. The summed E-state index contributed by atoms with van der Waals surface area (Å²) in [6, 6.07) is 6.76. The van der Waals surface area contributed by atoms with Crippen LogP contribution < -0.4 is 0 Å². The number of hydrogen-bond acceptors (Lipinski definition) is 6. The number of hydrogen-bond donors (Lipinski definition) is 0. The molecular weight excluding hydrogens is 333 g/mol. The van der Waals surface area contributed by atoms with Crippen LogP contribution in [0.4, 0.5) is 4.39 Å². The fourth-order valence-corrected chi connectivity index (χ4v) is 3.30. The highest BCUT2D eigenvalue weighted by molar-refractivity contribution is 5.43. The van der Waals surface area contributed by atoms with E-state index in [-0.39, 0.29) is 11.7 Å². The number of nitrogens with zero attached hydrogens (tertiary/aromatic N) is 5. The molecule has 3 aromatic rings. The molecular formula is C19H20FN5O. The molecule has 0 bridgehead atoms. The van der Waals surface area contributed by atoms with E-state index in [9.17, 15) is 4.39 Å². The lowest BCUT2D eigenvalue weighted by atomic mass is 9.97. The van der Waals surface area contributed by atoms with E-state index in [4.69, 9.17) is 4.42 Å². The van der Waals surface area contributed by atoms with E-state index in [1.54, 1.807) is 24.5 Å². The van der Waals surface area contributed by atoms with E-state index in [1.165, 1.54) is 6.07 Å². The number of likely N-dealkylation sites (tertiary alicyclic amines) is 1. The maximum absolute atomic E-state index is 13.4. The van der Waals surface area contributed by atoms with Crippen molar-refractivity contribution >= 4 is 0 Å². The van der Waals surface area contributed by atoms with Crippen molar-refractivity contribution in [1.29, 1.82) is 0 Å². The molecule has 2 aromatic heterocycles. The van der Waals surface area contributed by atoms with Crippen LogP contribution >= 0.6 is 0 Å². The molecule has 4 rings (SSSR count). The second-order valence-corrected chi connectivity index (χ2v) is 6.69. The summed E-state index contributed by atoms with van der Waals surface area (Å²) < 4.78 is 19.2. The average Bonchev–Trinajstić information content (AvgIpc) is 3.13. The minimum absolute atomic E-state index is 0.178. The van der Waals surface area contributed by atoms with E-state index >= 15 is 0 Å². The molecule has 0 saturated carbocycles. The summed E-state index contributed by atoms with van der Waals surface area (Å²) in [5.41, 5.74) is 2.40. The Morgan fingerprint density at radius 1 is 1.23 bits per heavy atom. The average molecular weight is 353 g/mol. The molecule has 0 N–H and O–H groups in total. The van der Waals surface area contributed by atoms with Crippen molar-refractivity contribution in [3.8, 4) is 11.6 Å². The fourth-order valence-electron chi connectivity index (χ4n) is 3.30. The summed E-state index contributed by atoms with van der Waals surface area (Å²) in [4.78, 5) is 10.8. The highest BCUT2D eigenvalue weighted by atomic mass is 19.1. The Bertz CT molecular complexity index is 880. The van der Waals surface area contributed by atoms with Crippen molar-refractivity contribution in [3.63, 3.8) is 0 Å². The zero-order valence-electron chi connectivity index (χ0n) is 14.6. The molecule has 6 nitrogen and oxygen atoms in total. The summed E-state index contributed by atoms with van der Waals surface area (Å²) in [6.07, 6.45) is 5.37. The molecule has 0 aliphatic carbocycles. The zero-order chi connectivity index (χ0) is 17.9. The van der Waals surface area contributed by atoms with Crippen molar-refractivity contribution < 1.29 is 8.81 Å². The number of aromatic nitrogens is 4. The summed E-state index contributed by atoms with van der Waals surface area (Å²) in [5.74, 6) is 1.01. The summed E-state index contributed by atoms with van der Waals surface area (Å²) >= 11 is 0. The standard InChI is InChI=1S/C19H20FN5O/c1-13-9-22-17(10-21-13)19-24-23-18(26-19)15-5-3-7-25(12-15)11-14-4-2-6-16(20)8-14/h2,4,6,8-10,15H,3,5,7,11-12H2,1H3. The van der Waals surface area contributed by atoms with Crippen LogP contribution in [0.1, 0.15) is 35.9 Å². The van der Waals surface area contributed by atoms with E-state index < -0.39 is 0 Å². The summed E-state index contributed by atoms with van der Waals surface area (Å²) in [7, 11) is 0. The first-order valence-corrected chi connectivity index (χ1v) is 8.76. The van der Waals surface area contributed by atoms with Gasteiger partial charge in [-0.25, -0.2) is 9.37 Å². The lowest BCUT2D eigenvalue weighted by molar-refractivity contribution is 0.186. The van der Waals surface area contributed by atoms with Gasteiger partial charge in [-0.1, -0.05) is 12.1 Å². The van der Waals surface area contributed by atoms with Gasteiger partial charge in [0.15, 0.2) is 0 Å². The molecule has 3 heterocycles. The van der Waals surface area contributed by atoms with Gasteiger partial charge in [-0.2, -0.15) is 0 Å². The van der Waals surface area contributed by atoms with Crippen molar-refractivity contribution in [2.45, 2.75) is 32.2 Å². The second kappa shape index (κ2) is 7.29. The summed E-state index contributed by atoms with van der Waals surface area (Å²) in [5, 5.41) is 8.35. The predicted octanol–water partition coefficient (Wildman–Crippen LogP) is 3.35. The predicted molar refractivity (Wildman–Crippen MR) is 93.7 cm³/mol. The van der Waals surface area contributed by atoms with Crippen molar-refractivity contribution in [1.82, 2.24) is 25.1 Å². The monoisotopic (exact) mass is 353 g/mol. The molecule has 1 fully saturated rings. The Hall–Kier alpha value is -2.67. The van der Waals surface area contributed by atoms with E-state index in [1.807, 2.05) is 13.0 Å². The summed E-state index contributed by atoms with van der Waals surface area (Å²) in [6.45, 7) is 4.40.